The number of hydrogen-bond acceptors (Lipinski definition) is 7. The van der Waals surface area contributed by atoms with Crippen molar-refractivity contribution < 1.29 is 13.9 Å². The molecule has 1 unspecified atom stereocenters. The SMILES string of the molecule is CCc1ncnc(Sc2nnc(C3COc4ccccc4O3)n2C)c1F. The predicted molar refractivity (Wildman–Crippen MR) is 91.8 cm³/mol. The Bertz CT molecular complexity index is 949. The van der Waals surface area contributed by atoms with Crippen molar-refractivity contribution in [3.8, 4) is 11.5 Å². The molecule has 0 fully saturated rings. The molecule has 0 N–H and O–H groups in total. The second kappa shape index (κ2) is 6.91. The van der Waals surface area contributed by atoms with Crippen LogP contribution in [0.15, 0.2) is 40.8 Å². The summed E-state index contributed by atoms with van der Waals surface area (Å²) in [6.07, 6.45) is 1.47. The molecule has 3 aromatic rings. The van der Waals surface area contributed by atoms with Crippen LogP contribution in [0.5, 0.6) is 11.5 Å². The van der Waals surface area contributed by atoms with Crippen molar-refractivity contribution in [2.24, 2.45) is 7.05 Å². The zero-order valence-electron chi connectivity index (χ0n) is 14.2. The van der Waals surface area contributed by atoms with Crippen LogP contribution in [-0.4, -0.2) is 31.3 Å². The molecule has 0 saturated carbocycles. The summed E-state index contributed by atoms with van der Waals surface area (Å²) in [6.45, 7) is 2.17. The molecular weight excluding hydrogens is 357 g/mol. The maximum Gasteiger partial charge on any atom is 0.197 e. The number of halogens is 1. The number of nitrogens with zero attached hydrogens (tertiary/aromatic N) is 5. The van der Waals surface area contributed by atoms with E-state index in [0.29, 0.717) is 41.2 Å². The minimum Gasteiger partial charge on any atom is -0.485 e. The quantitative estimate of drug-likeness (QED) is 0.651. The summed E-state index contributed by atoms with van der Waals surface area (Å²) in [6, 6.07) is 7.47. The molecule has 1 aliphatic rings. The summed E-state index contributed by atoms with van der Waals surface area (Å²) >= 11 is 1.11. The Balaban J connectivity index is 1.58. The maximum absolute atomic E-state index is 14.4. The van der Waals surface area contributed by atoms with Crippen LogP contribution in [0.4, 0.5) is 4.39 Å². The molecule has 1 aliphatic heterocycles. The van der Waals surface area contributed by atoms with E-state index in [9.17, 15) is 4.39 Å². The minimum absolute atomic E-state index is 0.227. The van der Waals surface area contributed by atoms with Crippen molar-refractivity contribution in [3.05, 3.63) is 47.9 Å². The van der Waals surface area contributed by atoms with E-state index in [1.807, 2.05) is 31.2 Å². The van der Waals surface area contributed by atoms with E-state index in [4.69, 9.17) is 9.47 Å². The van der Waals surface area contributed by atoms with E-state index in [-0.39, 0.29) is 5.03 Å². The van der Waals surface area contributed by atoms with Crippen molar-refractivity contribution >= 4 is 11.8 Å². The monoisotopic (exact) mass is 373 g/mol. The van der Waals surface area contributed by atoms with E-state index in [2.05, 4.69) is 20.2 Å². The van der Waals surface area contributed by atoms with Crippen molar-refractivity contribution in [2.45, 2.75) is 29.6 Å². The van der Waals surface area contributed by atoms with Gasteiger partial charge in [-0.05, 0) is 30.3 Å². The Labute approximate surface area is 153 Å². The molecule has 7 nitrogen and oxygen atoms in total. The molecule has 26 heavy (non-hydrogen) atoms. The number of fused-ring (bicyclic) bond motifs is 1. The first-order valence-electron chi connectivity index (χ1n) is 8.12. The number of benzene rings is 1. The molecule has 0 saturated heterocycles. The summed E-state index contributed by atoms with van der Waals surface area (Å²) in [4.78, 5) is 7.96. The third-order valence-electron chi connectivity index (χ3n) is 4.02. The van der Waals surface area contributed by atoms with Gasteiger partial charge in [0.15, 0.2) is 34.4 Å². The van der Waals surface area contributed by atoms with Gasteiger partial charge in [-0.15, -0.1) is 10.2 Å². The molecule has 3 heterocycles. The van der Waals surface area contributed by atoms with Crippen molar-refractivity contribution in [2.75, 3.05) is 6.61 Å². The third-order valence-corrected chi connectivity index (χ3v) is 5.03. The summed E-state index contributed by atoms with van der Waals surface area (Å²) in [5.74, 6) is 1.55. The molecule has 9 heteroatoms. The van der Waals surface area contributed by atoms with Gasteiger partial charge in [-0.3, -0.25) is 0 Å². The Hall–Kier alpha value is -2.68. The molecule has 0 aliphatic carbocycles. The summed E-state index contributed by atoms with van der Waals surface area (Å²) in [7, 11) is 1.81. The summed E-state index contributed by atoms with van der Waals surface area (Å²) in [5.41, 5.74) is 0.380. The van der Waals surface area contributed by atoms with Crippen LogP contribution in [0.3, 0.4) is 0 Å². The number of para-hydroxylation sites is 2. The zero-order chi connectivity index (χ0) is 18.1. The lowest BCUT2D eigenvalue weighted by Gasteiger charge is -2.25. The number of aromatic nitrogens is 5. The van der Waals surface area contributed by atoms with Crippen LogP contribution < -0.4 is 9.47 Å². The predicted octanol–water partition coefficient (Wildman–Crippen LogP) is 2.97. The number of ether oxygens (including phenoxy) is 2. The number of hydrogen-bond donors (Lipinski definition) is 0. The van der Waals surface area contributed by atoms with E-state index < -0.39 is 11.9 Å². The largest absolute Gasteiger partial charge is 0.485 e. The molecule has 1 atom stereocenters. The highest BCUT2D eigenvalue weighted by Crippen LogP contribution is 2.36. The molecule has 4 rings (SSSR count). The Kier molecular flexibility index (Phi) is 4.46. The lowest BCUT2D eigenvalue weighted by atomic mass is 10.2. The fourth-order valence-electron chi connectivity index (χ4n) is 2.63. The highest BCUT2D eigenvalue weighted by molar-refractivity contribution is 7.99. The average Bonchev–Trinajstić information content (AvgIpc) is 3.03. The van der Waals surface area contributed by atoms with Crippen LogP contribution in [0, 0.1) is 5.82 Å². The van der Waals surface area contributed by atoms with Gasteiger partial charge >= 0.3 is 0 Å². The summed E-state index contributed by atoms with van der Waals surface area (Å²) in [5, 5.41) is 9.10. The van der Waals surface area contributed by atoms with Gasteiger partial charge in [0.05, 0.1) is 5.69 Å². The van der Waals surface area contributed by atoms with Gasteiger partial charge in [-0.25, -0.2) is 14.4 Å². The normalized spacial score (nSPS) is 15.9. The van der Waals surface area contributed by atoms with Crippen molar-refractivity contribution in [1.82, 2.24) is 24.7 Å². The average molecular weight is 373 g/mol. The van der Waals surface area contributed by atoms with Crippen molar-refractivity contribution in [1.29, 1.82) is 0 Å². The van der Waals surface area contributed by atoms with Gasteiger partial charge < -0.3 is 14.0 Å². The topological polar surface area (TPSA) is 75.0 Å². The fraction of sp³-hybridized carbons (Fsp3) is 0.294. The van der Waals surface area contributed by atoms with Gasteiger partial charge in [0.2, 0.25) is 0 Å². The smallest absolute Gasteiger partial charge is 0.197 e. The number of aryl methyl sites for hydroxylation is 1. The van der Waals surface area contributed by atoms with E-state index >= 15 is 0 Å². The van der Waals surface area contributed by atoms with Gasteiger partial charge in [0, 0.05) is 7.05 Å². The molecule has 0 bridgehead atoms. The Morgan fingerprint density at radius 2 is 2.04 bits per heavy atom. The number of rotatable bonds is 4. The molecule has 0 amide bonds. The van der Waals surface area contributed by atoms with E-state index in [1.165, 1.54) is 6.33 Å². The van der Waals surface area contributed by atoms with Gasteiger partial charge in [-0.1, -0.05) is 19.1 Å². The molecule has 0 spiro atoms. The molecule has 1 aromatic carbocycles. The van der Waals surface area contributed by atoms with E-state index in [1.54, 1.807) is 11.6 Å². The molecular formula is C17H16FN5O2S. The zero-order valence-corrected chi connectivity index (χ0v) is 15.0. The lowest BCUT2D eigenvalue weighted by molar-refractivity contribution is 0.0825. The summed E-state index contributed by atoms with van der Waals surface area (Å²) < 4.78 is 27.8. The van der Waals surface area contributed by atoms with Crippen LogP contribution in [0.2, 0.25) is 0 Å². The van der Waals surface area contributed by atoms with Crippen LogP contribution in [0.1, 0.15) is 24.5 Å². The highest BCUT2D eigenvalue weighted by atomic mass is 32.2. The molecule has 2 aromatic heterocycles. The first kappa shape index (κ1) is 16.8. The van der Waals surface area contributed by atoms with Crippen LogP contribution in [-0.2, 0) is 13.5 Å². The van der Waals surface area contributed by atoms with Gasteiger partial charge in [0.25, 0.3) is 0 Å². The second-order valence-corrected chi connectivity index (χ2v) is 6.62. The lowest BCUT2D eigenvalue weighted by Crippen LogP contribution is -2.24. The van der Waals surface area contributed by atoms with Crippen LogP contribution >= 0.6 is 11.8 Å². The first-order valence-corrected chi connectivity index (χ1v) is 8.94. The van der Waals surface area contributed by atoms with Gasteiger partial charge in [-0.2, -0.15) is 0 Å². The first-order chi connectivity index (χ1) is 12.7. The molecule has 0 radical (unpaired) electrons. The molecule has 134 valence electrons. The minimum atomic E-state index is -0.421. The Morgan fingerprint density at radius 1 is 1.23 bits per heavy atom. The van der Waals surface area contributed by atoms with Crippen molar-refractivity contribution in [3.63, 3.8) is 0 Å². The highest BCUT2D eigenvalue weighted by Gasteiger charge is 2.28. The standard InChI is InChI=1S/C17H16FN5O2S/c1-3-10-14(18)16(20-9-19-10)26-17-22-21-15(23(17)2)13-8-24-11-6-4-5-7-12(11)25-13/h4-7,9,13H,3,8H2,1-2H3. The Morgan fingerprint density at radius 3 is 2.85 bits per heavy atom. The second-order valence-electron chi connectivity index (χ2n) is 5.66. The van der Waals surface area contributed by atoms with Gasteiger partial charge in [0.1, 0.15) is 18.0 Å². The van der Waals surface area contributed by atoms with E-state index in [0.717, 1.165) is 11.8 Å². The van der Waals surface area contributed by atoms with Crippen LogP contribution in [0.25, 0.3) is 0 Å². The maximum atomic E-state index is 14.4. The fourth-order valence-corrected chi connectivity index (χ4v) is 3.43. The third kappa shape index (κ3) is 2.98.